The number of rotatable bonds is 9. The predicted octanol–water partition coefficient (Wildman–Crippen LogP) is 3.52. The first-order valence-electron chi connectivity index (χ1n) is 11.2. The van der Waals surface area contributed by atoms with Crippen LogP contribution in [0.15, 0.2) is 42.7 Å². The van der Waals surface area contributed by atoms with Crippen LogP contribution >= 0.6 is 0 Å². The first-order valence-corrected chi connectivity index (χ1v) is 11.2. The van der Waals surface area contributed by atoms with Crippen LogP contribution in [-0.2, 0) is 28.1 Å². The second-order valence-corrected chi connectivity index (χ2v) is 9.19. The smallest absolute Gasteiger partial charge is 0.338 e. The van der Waals surface area contributed by atoms with Crippen LogP contribution in [0.5, 0.6) is 5.75 Å². The molecule has 34 heavy (non-hydrogen) atoms. The summed E-state index contributed by atoms with van der Waals surface area (Å²) in [5.41, 5.74) is 6.45. The van der Waals surface area contributed by atoms with Crippen molar-refractivity contribution in [1.82, 2.24) is 15.1 Å². The summed E-state index contributed by atoms with van der Waals surface area (Å²) in [7, 11) is 3.79. The van der Waals surface area contributed by atoms with Crippen LogP contribution in [0.25, 0.3) is 5.69 Å². The summed E-state index contributed by atoms with van der Waals surface area (Å²) in [5, 5.41) is 8.19. The van der Waals surface area contributed by atoms with Gasteiger partial charge >= 0.3 is 5.97 Å². The van der Waals surface area contributed by atoms with Gasteiger partial charge in [0.25, 0.3) is 6.47 Å². The quantitative estimate of drug-likeness (QED) is 0.385. The number of ether oxygens (including phenoxy) is 2. The van der Waals surface area contributed by atoms with Gasteiger partial charge in [0.05, 0.1) is 23.1 Å². The van der Waals surface area contributed by atoms with E-state index in [0.717, 1.165) is 41.0 Å². The Labute approximate surface area is 199 Å². The van der Waals surface area contributed by atoms with Crippen molar-refractivity contribution in [2.45, 2.75) is 39.3 Å². The maximum Gasteiger partial charge on any atom is 0.338 e. The van der Waals surface area contributed by atoms with Crippen molar-refractivity contribution in [1.29, 1.82) is 0 Å². The molecule has 4 rings (SSSR count). The minimum atomic E-state index is -0.299. The Bertz CT molecular complexity index is 1230. The Kier molecular flexibility index (Phi) is 6.43. The van der Waals surface area contributed by atoms with Gasteiger partial charge in [-0.3, -0.25) is 4.79 Å². The molecule has 0 saturated carbocycles. The molecule has 0 fully saturated rings. The Morgan fingerprint density at radius 1 is 1.26 bits per heavy atom. The van der Waals surface area contributed by atoms with E-state index in [2.05, 4.69) is 31.2 Å². The zero-order valence-corrected chi connectivity index (χ0v) is 20.2. The fourth-order valence-corrected chi connectivity index (χ4v) is 4.22. The summed E-state index contributed by atoms with van der Waals surface area (Å²) >= 11 is 0. The fraction of sp³-hybridized carbons (Fsp3) is 0.346. The molecule has 0 atom stereocenters. The van der Waals surface area contributed by atoms with E-state index >= 15 is 0 Å². The zero-order valence-electron chi connectivity index (χ0n) is 20.2. The van der Waals surface area contributed by atoms with Gasteiger partial charge in [0.1, 0.15) is 6.61 Å². The molecule has 0 saturated heterocycles. The molecule has 0 bridgehead atoms. The maximum absolute atomic E-state index is 11.8. The van der Waals surface area contributed by atoms with Gasteiger partial charge in [0.15, 0.2) is 5.75 Å². The first-order chi connectivity index (χ1) is 16.2. The zero-order chi connectivity index (χ0) is 24.5. The van der Waals surface area contributed by atoms with Crippen molar-refractivity contribution in [3.8, 4) is 11.4 Å². The number of cyclic esters (lactones) is 1. The Hall–Kier alpha value is -3.65. The van der Waals surface area contributed by atoms with Crippen LogP contribution in [0.3, 0.4) is 0 Å². The number of benzene rings is 2. The fourth-order valence-electron chi connectivity index (χ4n) is 4.22. The van der Waals surface area contributed by atoms with Crippen molar-refractivity contribution in [2.24, 2.45) is 0 Å². The highest BCUT2D eigenvalue weighted by molar-refractivity contribution is 5.93. The molecule has 178 valence electrons. The molecule has 0 radical (unpaired) electrons. The van der Waals surface area contributed by atoms with E-state index in [9.17, 15) is 9.59 Å². The molecular formula is C26H30N4O4. The SMILES string of the molecule is Cc1c(CCNC(C)(C)c2cnn(-c3ccc(OC=O)c(N(C)C)c3)c2)ccc2c1COC2=O. The van der Waals surface area contributed by atoms with Crippen molar-refractivity contribution >= 4 is 18.1 Å². The third kappa shape index (κ3) is 4.54. The van der Waals surface area contributed by atoms with Crippen LogP contribution in [0.2, 0.25) is 0 Å². The van der Waals surface area contributed by atoms with Gasteiger partial charge in [-0.05, 0) is 69.1 Å². The third-order valence-corrected chi connectivity index (χ3v) is 6.41. The number of nitrogens with one attached hydrogen (secondary N) is 1. The molecule has 1 N–H and O–H groups in total. The molecule has 1 aromatic heterocycles. The lowest BCUT2D eigenvalue weighted by molar-refractivity contribution is -0.120. The molecular weight excluding hydrogens is 432 g/mol. The summed E-state index contributed by atoms with van der Waals surface area (Å²) in [6, 6.07) is 9.46. The summed E-state index contributed by atoms with van der Waals surface area (Å²) in [6.45, 7) is 7.88. The van der Waals surface area contributed by atoms with E-state index in [-0.39, 0.29) is 11.5 Å². The van der Waals surface area contributed by atoms with E-state index < -0.39 is 0 Å². The van der Waals surface area contributed by atoms with Crippen LogP contribution < -0.4 is 15.0 Å². The minimum absolute atomic E-state index is 0.232. The van der Waals surface area contributed by atoms with Crippen molar-refractivity contribution in [3.05, 3.63) is 70.5 Å². The van der Waals surface area contributed by atoms with Gasteiger partial charge in [-0.25, -0.2) is 9.48 Å². The van der Waals surface area contributed by atoms with E-state index in [4.69, 9.17) is 9.47 Å². The third-order valence-electron chi connectivity index (χ3n) is 6.41. The van der Waals surface area contributed by atoms with Crippen molar-refractivity contribution in [2.75, 3.05) is 25.5 Å². The number of carbonyl (C=O) groups is 2. The van der Waals surface area contributed by atoms with Gasteiger partial charge in [0.2, 0.25) is 0 Å². The van der Waals surface area contributed by atoms with Crippen molar-refractivity contribution < 1.29 is 19.1 Å². The van der Waals surface area contributed by atoms with E-state index in [1.165, 1.54) is 5.56 Å². The normalized spacial score (nSPS) is 12.9. The number of aromatic nitrogens is 2. The average Bonchev–Trinajstić information content (AvgIpc) is 3.44. The van der Waals surface area contributed by atoms with E-state index in [0.29, 0.717) is 24.4 Å². The molecule has 2 aromatic carbocycles. The number of nitrogens with zero attached hydrogens (tertiary/aromatic N) is 3. The van der Waals surface area contributed by atoms with Gasteiger partial charge in [-0.2, -0.15) is 5.10 Å². The van der Waals surface area contributed by atoms with Crippen LogP contribution in [-0.4, -0.2) is 42.9 Å². The molecule has 1 aliphatic heterocycles. The average molecular weight is 463 g/mol. The standard InChI is InChI=1S/C26H30N4O4/c1-17-18(6-8-21-22(17)15-33-25(21)32)10-11-27-26(2,3)19-13-28-30(14-19)20-7-9-24(34-16-31)23(12-20)29(4)5/h6-9,12-14,16,27H,10-11,15H2,1-5H3. The molecule has 0 aliphatic carbocycles. The summed E-state index contributed by atoms with van der Waals surface area (Å²) in [5.74, 6) is 0.264. The monoisotopic (exact) mass is 462 g/mol. The van der Waals surface area contributed by atoms with Crippen LogP contribution in [0.1, 0.15) is 46.5 Å². The predicted molar refractivity (Wildman–Crippen MR) is 130 cm³/mol. The van der Waals surface area contributed by atoms with Crippen LogP contribution in [0, 0.1) is 6.92 Å². The highest BCUT2D eigenvalue weighted by atomic mass is 16.5. The van der Waals surface area contributed by atoms with E-state index in [1.54, 1.807) is 6.07 Å². The lowest BCUT2D eigenvalue weighted by Crippen LogP contribution is -2.37. The summed E-state index contributed by atoms with van der Waals surface area (Å²) in [6.07, 6.45) is 4.71. The Balaban J connectivity index is 1.45. The lowest BCUT2D eigenvalue weighted by atomic mass is 9.95. The molecule has 1 aliphatic rings. The molecule has 8 heteroatoms. The first kappa shape index (κ1) is 23.5. The number of anilines is 1. The Morgan fingerprint density at radius 2 is 2.06 bits per heavy atom. The second-order valence-electron chi connectivity index (χ2n) is 9.19. The molecule has 3 aromatic rings. The molecule has 8 nitrogen and oxygen atoms in total. The number of carbonyl (C=O) groups excluding carboxylic acids is 2. The molecule has 0 amide bonds. The van der Waals surface area contributed by atoms with Crippen LogP contribution in [0.4, 0.5) is 5.69 Å². The molecule has 0 spiro atoms. The second kappa shape index (κ2) is 9.30. The van der Waals surface area contributed by atoms with Gasteiger partial charge in [-0.1, -0.05) is 6.07 Å². The highest BCUT2D eigenvalue weighted by Crippen LogP contribution is 2.30. The summed E-state index contributed by atoms with van der Waals surface area (Å²) in [4.78, 5) is 24.5. The number of esters is 1. The topological polar surface area (TPSA) is 85.7 Å². The molecule has 2 heterocycles. The van der Waals surface area contributed by atoms with Gasteiger partial charge < -0.3 is 19.7 Å². The van der Waals surface area contributed by atoms with Gasteiger partial charge in [0, 0.05) is 37.0 Å². The highest BCUT2D eigenvalue weighted by Gasteiger charge is 2.25. The van der Waals surface area contributed by atoms with E-state index in [1.807, 2.05) is 60.3 Å². The summed E-state index contributed by atoms with van der Waals surface area (Å²) < 4.78 is 12.1. The lowest BCUT2D eigenvalue weighted by Gasteiger charge is -2.25. The maximum atomic E-state index is 11.8. The van der Waals surface area contributed by atoms with Gasteiger partial charge in [-0.15, -0.1) is 0 Å². The number of fused-ring (bicyclic) bond motifs is 1. The Morgan fingerprint density at radius 3 is 2.79 bits per heavy atom. The number of hydrogen-bond donors (Lipinski definition) is 1. The molecule has 0 unspecified atom stereocenters. The largest absolute Gasteiger partial charge is 0.457 e. The number of hydrogen-bond acceptors (Lipinski definition) is 7. The van der Waals surface area contributed by atoms with Crippen molar-refractivity contribution in [3.63, 3.8) is 0 Å². The minimum Gasteiger partial charge on any atom is -0.457 e.